The number of rotatable bonds is 8. The predicted molar refractivity (Wildman–Crippen MR) is 99.0 cm³/mol. The zero-order valence-corrected chi connectivity index (χ0v) is 15.5. The fourth-order valence-corrected chi connectivity index (χ4v) is 3.82. The lowest BCUT2D eigenvalue weighted by Crippen LogP contribution is -2.19. The molecule has 6 heteroatoms. The number of halogens is 4. The van der Waals surface area contributed by atoms with Gasteiger partial charge in [0, 0.05) is 10.3 Å². The second kappa shape index (κ2) is 9.01. The average Bonchev–Trinajstić information content (AvgIpc) is 2.52. The van der Waals surface area contributed by atoms with Crippen LogP contribution in [0.25, 0.3) is 10.8 Å². The normalized spacial score (nSPS) is 11.8. The van der Waals surface area contributed by atoms with E-state index >= 15 is 0 Å². The van der Waals surface area contributed by atoms with Crippen LogP contribution in [-0.4, -0.2) is 23.0 Å². The van der Waals surface area contributed by atoms with Crippen LogP contribution in [0.3, 0.4) is 0 Å². The highest BCUT2D eigenvalue weighted by molar-refractivity contribution is 14.1. The van der Waals surface area contributed by atoms with E-state index in [1.807, 2.05) is 24.3 Å². The van der Waals surface area contributed by atoms with E-state index in [-0.39, 0.29) is 5.75 Å². The summed E-state index contributed by atoms with van der Waals surface area (Å²) in [5.41, 5.74) is 0. The first kappa shape index (κ1) is 18.7. The van der Waals surface area contributed by atoms with Gasteiger partial charge in [0.2, 0.25) is 0 Å². The molecule has 0 saturated heterocycles. The Balaban J connectivity index is 2.11. The molecule has 0 unspecified atom stereocenters. The van der Waals surface area contributed by atoms with Crippen molar-refractivity contribution in [3.8, 4) is 5.75 Å². The maximum Gasteiger partial charge on any atom is 0.422 e. The minimum Gasteiger partial charge on any atom is -0.483 e. The van der Waals surface area contributed by atoms with Crippen LogP contribution in [0, 0.1) is 0 Å². The molecule has 2 aromatic rings. The fraction of sp³-hybridized carbons (Fsp3) is 0.412. The van der Waals surface area contributed by atoms with Crippen molar-refractivity contribution in [1.29, 1.82) is 0 Å². The van der Waals surface area contributed by atoms with Crippen molar-refractivity contribution >= 4 is 45.1 Å². The maximum atomic E-state index is 12.4. The van der Waals surface area contributed by atoms with E-state index in [2.05, 4.69) is 22.6 Å². The largest absolute Gasteiger partial charge is 0.483 e. The summed E-state index contributed by atoms with van der Waals surface area (Å²) in [7, 11) is 0. The van der Waals surface area contributed by atoms with Crippen molar-refractivity contribution in [2.75, 3.05) is 16.8 Å². The van der Waals surface area contributed by atoms with Crippen LogP contribution in [-0.2, 0) is 0 Å². The molecule has 2 rings (SSSR count). The smallest absolute Gasteiger partial charge is 0.422 e. The predicted octanol–water partition coefficient (Wildman–Crippen LogP) is 6.48. The monoisotopic (exact) mass is 454 g/mol. The van der Waals surface area contributed by atoms with Gasteiger partial charge >= 0.3 is 6.18 Å². The molecule has 0 aliphatic heterocycles. The summed E-state index contributed by atoms with van der Waals surface area (Å²) in [6, 6.07) is 11.0. The van der Waals surface area contributed by atoms with Gasteiger partial charge in [0.25, 0.3) is 0 Å². The van der Waals surface area contributed by atoms with Crippen LogP contribution >= 0.6 is 34.4 Å². The second-order valence-electron chi connectivity index (χ2n) is 5.11. The summed E-state index contributed by atoms with van der Waals surface area (Å²) in [5.74, 6) is 1.30. The third-order valence-corrected chi connectivity index (χ3v) is 5.19. The molecule has 126 valence electrons. The number of thioether (sulfide) groups is 1. The van der Waals surface area contributed by atoms with Gasteiger partial charge in [-0.1, -0.05) is 53.3 Å². The molecule has 0 radical (unpaired) electrons. The summed E-state index contributed by atoms with van der Waals surface area (Å²) in [6.07, 6.45) is -0.742. The standard InChI is InChI=1S/C17H18F3IOS/c18-17(19,20)12-22-15-8-9-16(23-11-5-1-4-10-21)14-7-3-2-6-13(14)15/h2-3,6-9H,1,4-5,10-12H2. The topological polar surface area (TPSA) is 9.23 Å². The van der Waals surface area contributed by atoms with Crippen molar-refractivity contribution in [3.05, 3.63) is 36.4 Å². The average molecular weight is 454 g/mol. The number of fused-ring (bicyclic) bond motifs is 1. The maximum absolute atomic E-state index is 12.4. The Labute approximate surface area is 152 Å². The number of benzene rings is 2. The van der Waals surface area contributed by atoms with Gasteiger partial charge in [-0.05, 0) is 40.5 Å². The molecule has 0 bridgehead atoms. The van der Waals surface area contributed by atoms with Gasteiger partial charge in [-0.2, -0.15) is 13.2 Å². The van der Waals surface area contributed by atoms with Crippen LogP contribution in [0.4, 0.5) is 13.2 Å². The molecule has 0 spiro atoms. The van der Waals surface area contributed by atoms with Gasteiger partial charge in [0.1, 0.15) is 5.75 Å². The minimum atomic E-state index is -4.33. The zero-order chi connectivity index (χ0) is 16.7. The van der Waals surface area contributed by atoms with Crippen molar-refractivity contribution in [2.24, 2.45) is 0 Å². The van der Waals surface area contributed by atoms with E-state index in [4.69, 9.17) is 4.74 Å². The van der Waals surface area contributed by atoms with Crippen molar-refractivity contribution in [3.63, 3.8) is 0 Å². The molecule has 23 heavy (non-hydrogen) atoms. The first-order valence-corrected chi connectivity index (χ1v) is 9.92. The first-order chi connectivity index (χ1) is 11.0. The van der Waals surface area contributed by atoms with Gasteiger partial charge in [0.15, 0.2) is 6.61 Å². The molecule has 2 aromatic carbocycles. The minimum absolute atomic E-state index is 0.284. The molecular formula is C17H18F3IOS. The third-order valence-electron chi connectivity index (χ3n) is 3.27. The van der Waals surface area contributed by atoms with Gasteiger partial charge < -0.3 is 4.74 Å². The van der Waals surface area contributed by atoms with Crippen molar-refractivity contribution in [1.82, 2.24) is 0 Å². The molecule has 0 atom stereocenters. The molecule has 0 heterocycles. The summed E-state index contributed by atoms with van der Waals surface area (Å²) >= 11 is 4.13. The summed E-state index contributed by atoms with van der Waals surface area (Å²) in [4.78, 5) is 1.09. The molecule has 0 N–H and O–H groups in total. The van der Waals surface area contributed by atoms with Crippen LogP contribution in [0.15, 0.2) is 41.3 Å². The van der Waals surface area contributed by atoms with E-state index in [1.165, 1.54) is 17.3 Å². The summed E-state index contributed by atoms with van der Waals surface area (Å²) in [6.45, 7) is -1.26. The second-order valence-corrected chi connectivity index (χ2v) is 7.32. The van der Waals surface area contributed by atoms with E-state index in [0.717, 1.165) is 27.8 Å². The van der Waals surface area contributed by atoms with Gasteiger partial charge in [-0.15, -0.1) is 11.8 Å². The molecule has 0 amide bonds. The highest BCUT2D eigenvalue weighted by Crippen LogP contribution is 2.35. The molecular weight excluding hydrogens is 436 g/mol. The number of unbranched alkanes of at least 4 members (excludes halogenated alkanes) is 2. The third kappa shape index (κ3) is 6.06. The van der Waals surface area contributed by atoms with Crippen molar-refractivity contribution in [2.45, 2.75) is 30.3 Å². The molecule has 0 fully saturated rings. The van der Waals surface area contributed by atoms with E-state index in [9.17, 15) is 13.2 Å². The number of alkyl halides is 4. The highest BCUT2D eigenvalue weighted by atomic mass is 127. The lowest BCUT2D eigenvalue weighted by Gasteiger charge is -2.13. The highest BCUT2D eigenvalue weighted by Gasteiger charge is 2.28. The number of hydrogen-bond acceptors (Lipinski definition) is 2. The van der Waals surface area contributed by atoms with E-state index < -0.39 is 12.8 Å². The Morgan fingerprint density at radius 1 is 0.957 bits per heavy atom. The van der Waals surface area contributed by atoms with E-state index in [0.29, 0.717) is 0 Å². The Morgan fingerprint density at radius 2 is 1.70 bits per heavy atom. The first-order valence-electron chi connectivity index (χ1n) is 7.41. The van der Waals surface area contributed by atoms with Gasteiger partial charge in [-0.25, -0.2) is 0 Å². The van der Waals surface area contributed by atoms with Crippen LogP contribution < -0.4 is 4.74 Å². The summed E-state index contributed by atoms with van der Waals surface area (Å²) < 4.78 is 43.2. The van der Waals surface area contributed by atoms with Gasteiger partial charge in [0.05, 0.1) is 0 Å². The van der Waals surface area contributed by atoms with E-state index in [1.54, 1.807) is 23.9 Å². The molecule has 1 nitrogen and oxygen atoms in total. The Kier molecular flexibility index (Phi) is 7.33. The Bertz CT molecular complexity index is 631. The molecule has 0 aliphatic carbocycles. The fourth-order valence-electron chi connectivity index (χ4n) is 2.21. The number of hydrogen-bond donors (Lipinski definition) is 0. The Hall–Kier alpha value is -0.630. The SMILES string of the molecule is FC(F)(F)COc1ccc(SCCCCCI)c2ccccc12. The van der Waals surface area contributed by atoms with Crippen molar-refractivity contribution < 1.29 is 17.9 Å². The van der Waals surface area contributed by atoms with Crippen LogP contribution in [0.5, 0.6) is 5.75 Å². The number of ether oxygens (including phenoxy) is 1. The quantitative estimate of drug-likeness (QED) is 0.196. The van der Waals surface area contributed by atoms with Crippen LogP contribution in [0.1, 0.15) is 19.3 Å². The summed E-state index contributed by atoms with van der Waals surface area (Å²) in [5, 5.41) is 1.68. The Morgan fingerprint density at radius 3 is 2.39 bits per heavy atom. The zero-order valence-electron chi connectivity index (χ0n) is 12.5. The molecule has 0 saturated carbocycles. The van der Waals surface area contributed by atoms with Gasteiger partial charge in [-0.3, -0.25) is 0 Å². The lowest BCUT2D eigenvalue weighted by molar-refractivity contribution is -0.153. The molecule has 0 aliphatic rings. The van der Waals surface area contributed by atoms with Crippen LogP contribution in [0.2, 0.25) is 0 Å². The lowest BCUT2D eigenvalue weighted by atomic mass is 10.1. The molecule has 0 aromatic heterocycles.